The van der Waals surface area contributed by atoms with Gasteiger partial charge in [-0.2, -0.15) is 0 Å². The third-order valence-electron chi connectivity index (χ3n) is 3.61. The standard InChI is InChI=1S/C16H26N2O3/c1-11-5-6-13(9-12(11)2)16(21)14(10-15(19)20)17-7-8-18(3)4/h5-6,9,14,16-17,21H,7-8,10H2,1-4H3,(H,19,20). The number of likely N-dealkylation sites (N-methyl/N-ethyl adjacent to an activating group) is 1. The summed E-state index contributed by atoms with van der Waals surface area (Å²) in [6.45, 7) is 5.41. The first-order chi connectivity index (χ1) is 9.81. The quantitative estimate of drug-likeness (QED) is 0.674. The number of aryl methyl sites for hydroxylation is 2. The Bertz CT molecular complexity index is 475. The Hall–Kier alpha value is -1.43. The van der Waals surface area contributed by atoms with Crippen LogP contribution in [0.4, 0.5) is 0 Å². The lowest BCUT2D eigenvalue weighted by Gasteiger charge is -2.24. The molecule has 1 rings (SSSR count). The molecular formula is C16H26N2O3. The van der Waals surface area contributed by atoms with Crippen molar-refractivity contribution in [2.45, 2.75) is 32.4 Å². The fourth-order valence-electron chi connectivity index (χ4n) is 2.14. The molecule has 118 valence electrons. The molecule has 0 bridgehead atoms. The average molecular weight is 294 g/mol. The minimum absolute atomic E-state index is 0.110. The lowest BCUT2D eigenvalue weighted by molar-refractivity contribution is -0.138. The van der Waals surface area contributed by atoms with E-state index in [4.69, 9.17) is 5.11 Å². The fraction of sp³-hybridized carbons (Fsp3) is 0.562. The van der Waals surface area contributed by atoms with Gasteiger partial charge in [0.25, 0.3) is 0 Å². The van der Waals surface area contributed by atoms with Gasteiger partial charge >= 0.3 is 5.97 Å². The molecule has 0 saturated heterocycles. The van der Waals surface area contributed by atoms with Crippen LogP contribution in [0.3, 0.4) is 0 Å². The van der Waals surface area contributed by atoms with Gasteiger partial charge in [0.1, 0.15) is 0 Å². The number of carboxylic acid groups (broad SMARTS) is 1. The minimum atomic E-state index is -0.916. The Morgan fingerprint density at radius 3 is 2.48 bits per heavy atom. The highest BCUT2D eigenvalue weighted by Crippen LogP contribution is 2.21. The van der Waals surface area contributed by atoms with E-state index in [-0.39, 0.29) is 6.42 Å². The van der Waals surface area contributed by atoms with Gasteiger partial charge in [-0.1, -0.05) is 18.2 Å². The van der Waals surface area contributed by atoms with E-state index >= 15 is 0 Å². The summed E-state index contributed by atoms with van der Waals surface area (Å²) >= 11 is 0. The predicted molar refractivity (Wildman–Crippen MR) is 83.5 cm³/mol. The molecule has 0 heterocycles. The molecule has 3 N–H and O–H groups in total. The zero-order valence-corrected chi connectivity index (χ0v) is 13.3. The van der Waals surface area contributed by atoms with Crippen LogP contribution in [0, 0.1) is 13.8 Å². The summed E-state index contributed by atoms with van der Waals surface area (Å²) in [6.07, 6.45) is -0.941. The number of aliphatic carboxylic acids is 1. The molecule has 5 heteroatoms. The molecule has 1 aromatic rings. The summed E-state index contributed by atoms with van der Waals surface area (Å²) in [5.41, 5.74) is 3.00. The van der Waals surface area contributed by atoms with E-state index in [0.717, 1.165) is 23.2 Å². The van der Waals surface area contributed by atoms with E-state index in [0.29, 0.717) is 6.54 Å². The van der Waals surface area contributed by atoms with Crippen LogP contribution in [0.25, 0.3) is 0 Å². The smallest absolute Gasteiger partial charge is 0.305 e. The number of carboxylic acids is 1. The number of nitrogens with zero attached hydrogens (tertiary/aromatic N) is 1. The lowest BCUT2D eigenvalue weighted by atomic mass is 9.96. The van der Waals surface area contributed by atoms with E-state index in [2.05, 4.69) is 5.32 Å². The molecule has 0 saturated carbocycles. The molecule has 0 spiro atoms. The summed E-state index contributed by atoms with van der Waals surface area (Å²) in [4.78, 5) is 13.0. The molecular weight excluding hydrogens is 268 g/mol. The molecule has 0 aliphatic rings. The Balaban J connectivity index is 2.79. The number of benzene rings is 1. The van der Waals surface area contributed by atoms with Crippen LogP contribution in [0.15, 0.2) is 18.2 Å². The van der Waals surface area contributed by atoms with E-state index in [1.165, 1.54) is 0 Å². The molecule has 1 aromatic carbocycles. The molecule has 0 aliphatic carbocycles. The van der Waals surface area contributed by atoms with Crippen molar-refractivity contribution < 1.29 is 15.0 Å². The van der Waals surface area contributed by atoms with Gasteiger partial charge in [0.2, 0.25) is 0 Å². The number of hydrogen-bond donors (Lipinski definition) is 3. The van der Waals surface area contributed by atoms with Crippen LogP contribution in [-0.4, -0.2) is 54.3 Å². The largest absolute Gasteiger partial charge is 0.481 e. The van der Waals surface area contributed by atoms with Gasteiger partial charge in [0.15, 0.2) is 0 Å². The summed E-state index contributed by atoms with van der Waals surface area (Å²) in [6, 6.07) is 5.23. The predicted octanol–water partition coefficient (Wildman–Crippen LogP) is 1.33. The first-order valence-corrected chi connectivity index (χ1v) is 7.16. The van der Waals surface area contributed by atoms with Crippen molar-refractivity contribution in [1.82, 2.24) is 10.2 Å². The first-order valence-electron chi connectivity index (χ1n) is 7.16. The van der Waals surface area contributed by atoms with E-state index in [9.17, 15) is 9.90 Å². The Morgan fingerprint density at radius 1 is 1.29 bits per heavy atom. The Kier molecular flexibility index (Phi) is 6.81. The maximum Gasteiger partial charge on any atom is 0.305 e. The molecule has 21 heavy (non-hydrogen) atoms. The monoisotopic (exact) mass is 294 g/mol. The van der Waals surface area contributed by atoms with Crippen molar-refractivity contribution in [2.75, 3.05) is 27.2 Å². The van der Waals surface area contributed by atoms with Gasteiger partial charge in [0, 0.05) is 19.1 Å². The maximum absolute atomic E-state index is 11.0. The molecule has 0 radical (unpaired) electrons. The summed E-state index contributed by atoms with van der Waals surface area (Å²) in [7, 11) is 3.90. The van der Waals surface area contributed by atoms with E-state index in [1.54, 1.807) is 0 Å². The molecule has 2 atom stereocenters. The van der Waals surface area contributed by atoms with Crippen LogP contribution in [-0.2, 0) is 4.79 Å². The lowest BCUT2D eigenvalue weighted by Crippen LogP contribution is -2.40. The van der Waals surface area contributed by atoms with Gasteiger partial charge in [0.05, 0.1) is 12.5 Å². The summed E-state index contributed by atoms with van der Waals surface area (Å²) in [5.74, 6) is -0.916. The zero-order valence-electron chi connectivity index (χ0n) is 13.3. The van der Waals surface area contributed by atoms with E-state index in [1.807, 2.05) is 51.0 Å². The van der Waals surface area contributed by atoms with E-state index < -0.39 is 18.1 Å². The molecule has 0 aromatic heterocycles. The molecule has 0 amide bonds. The van der Waals surface area contributed by atoms with Gasteiger partial charge in [-0.25, -0.2) is 0 Å². The zero-order chi connectivity index (χ0) is 16.0. The number of aliphatic hydroxyl groups is 1. The van der Waals surface area contributed by atoms with Crippen molar-refractivity contribution in [1.29, 1.82) is 0 Å². The first kappa shape index (κ1) is 17.6. The average Bonchev–Trinajstić information content (AvgIpc) is 2.39. The number of nitrogens with one attached hydrogen (secondary N) is 1. The molecule has 0 fully saturated rings. The fourth-order valence-corrected chi connectivity index (χ4v) is 2.14. The van der Waals surface area contributed by atoms with Crippen LogP contribution >= 0.6 is 0 Å². The molecule has 5 nitrogen and oxygen atoms in total. The van der Waals surface area contributed by atoms with Crippen LogP contribution in [0.5, 0.6) is 0 Å². The number of rotatable bonds is 8. The minimum Gasteiger partial charge on any atom is -0.481 e. The second-order valence-corrected chi connectivity index (χ2v) is 5.75. The Labute approximate surface area is 126 Å². The van der Waals surface area contributed by atoms with Gasteiger partial charge in [-0.15, -0.1) is 0 Å². The number of carbonyl (C=O) groups is 1. The van der Waals surface area contributed by atoms with Crippen molar-refractivity contribution in [3.05, 3.63) is 34.9 Å². The SMILES string of the molecule is Cc1ccc(C(O)C(CC(=O)O)NCCN(C)C)cc1C. The van der Waals surface area contributed by atoms with Crippen molar-refractivity contribution >= 4 is 5.97 Å². The second-order valence-electron chi connectivity index (χ2n) is 5.75. The Morgan fingerprint density at radius 2 is 1.95 bits per heavy atom. The maximum atomic E-state index is 11.0. The van der Waals surface area contributed by atoms with Gasteiger partial charge in [-0.3, -0.25) is 4.79 Å². The topological polar surface area (TPSA) is 72.8 Å². The highest BCUT2D eigenvalue weighted by molar-refractivity contribution is 5.67. The highest BCUT2D eigenvalue weighted by Gasteiger charge is 2.23. The van der Waals surface area contributed by atoms with Crippen molar-refractivity contribution in [2.24, 2.45) is 0 Å². The van der Waals surface area contributed by atoms with Crippen molar-refractivity contribution in [3.8, 4) is 0 Å². The molecule has 2 unspecified atom stereocenters. The summed E-state index contributed by atoms with van der Waals surface area (Å²) in [5, 5.41) is 22.6. The molecule has 0 aliphatic heterocycles. The van der Waals surface area contributed by atoms with Gasteiger partial charge < -0.3 is 20.4 Å². The van der Waals surface area contributed by atoms with Crippen molar-refractivity contribution in [3.63, 3.8) is 0 Å². The van der Waals surface area contributed by atoms with Crippen LogP contribution in [0.1, 0.15) is 29.2 Å². The van der Waals surface area contributed by atoms with Crippen LogP contribution < -0.4 is 5.32 Å². The summed E-state index contributed by atoms with van der Waals surface area (Å²) < 4.78 is 0. The van der Waals surface area contributed by atoms with Gasteiger partial charge in [-0.05, 0) is 44.6 Å². The number of aliphatic hydroxyl groups excluding tert-OH is 1. The third kappa shape index (κ3) is 5.83. The number of hydrogen-bond acceptors (Lipinski definition) is 4. The van der Waals surface area contributed by atoms with Crippen LogP contribution in [0.2, 0.25) is 0 Å². The third-order valence-corrected chi connectivity index (χ3v) is 3.61. The second kappa shape index (κ2) is 8.12. The normalized spacial score (nSPS) is 14.2. The highest BCUT2D eigenvalue weighted by atomic mass is 16.4.